The van der Waals surface area contributed by atoms with E-state index in [1.165, 1.54) is 0 Å². The van der Waals surface area contributed by atoms with Gasteiger partial charge >= 0.3 is 0 Å². The van der Waals surface area contributed by atoms with Crippen molar-refractivity contribution < 1.29 is 0 Å². The molecule has 2 rings (SSSR count). The summed E-state index contributed by atoms with van der Waals surface area (Å²) in [5, 5.41) is 3.17. The number of nitrogens with zero attached hydrogens (tertiary/aromatic N) is 1. The van der Waals surface area contributed by atoms with Gasteiger partial charge in [-0.2, -0.15) is 0 Å². The summed E-state index contributed by atoms with van der Waals surface area (Å²) < 4.78 is 0. The highest BCUT2D eigenvalue weighted by molar-refractivity contribution is 7.09. The van der Waals surface area contributed by atoms with Crippen molar-refractivity contribution in [3.63, 3.8) is 0 Å². The first-order valence-corrected chi connectivity index (χ1v) is 4.96. The Balaban J connectivity index is 2.41. The van der Waals surface area contributed by atoms with Crippen LogP contribution in [0.15, 0.2) is 41.5 Å². The van der Waals surface area contributed by atoms with E-state index in [0.29, 0.717) is 0 Å². The lowest BCUT2D eigenvalue weighted by Gasteiger charge is -1.91. The molecule has 0 radical (unpaired) electrons. The van der Waals surface area contributed by atoms with Crippen LogP contribution in [0.1, 0.15) is 10.7 Å². The van der Waals surface area contributed by atoms with E-state index < -0.39 is 0 Å². The fourth-order valence-corrected chi connectivity index (χ4v) is 1.73. The minimum atomic E-state index is 1.04. The second-order valence-corrected chi connectivity index (χ2v) is 3.80. The largest absolute Gasteiger partial charge is 0.242 e. The van der Waals surface area contributed by atoms with Crippen molar-refractivity contribution in [2.45, 2.75) is 6.92 Å². The van der Waals surface area contributed by atoms with Crippen molar-refractivity contribution in [3.8, 4) is 0 Å². The molecule has 1 heterocycles. The Labute approximate surface area is 81.4 Å². The summed E-state index contributed by atoms with van der Waals surface area (Å²) in [5.74, 6) is 0. The van der Waals surface area contributed by atoms with Gasteiger partial charge in [-0.1, -0.05) is 18.2 Å². The Bertz CT molecular complexity index is 429. The zero-order valence-corrected chi connectivity index (χ0v) is 8.14. The minimum absolute atomic E-state index is 1.04. The first-order chi connectivity index (χ1) is 6.36. The molecule has 64 valence electrons. The lowest BCUT2D eigenvalue weighted by Crippen LogP contribution is -1.79. The number of hydrogen-bond acceptors (Lipinski definition) is 2. The Morgan fingerprint density at radius 3 is 3.08 bits per heavy atom. The summed E-state index contributed by atoms with van der Waals surface area (Å²) in [5.41, 5.74) is 5.22. The normalized spacial score (nSPS) is 14.4. The van der Waals surface area contributed by atoms with Gasteiger partial charge in [0.1, 0.15) is 0 Å². The van der Waals surface area contributed by atoms with E-state index in [2.05, 4.69) is 16.1 Å². The molecule has 0 aromatic carbocycles. The smallest absolute Gasteiger partial charge is 0.0901 e. The molecule has 0 saturated heterocycles. The maximum atomic E-state index is 4.41. The summed E-state index contributed by atoms with van der Waals surface area (Å²) in [4.78, 5) is 4.41. The summed E-state index contributed by atoms with van der Waals surface area (Å²) in [6, 6.07) is 0. The summed E-state index contributed by atoms with van der Waals surface area (Å²) in [7, 11) is 0. The molecular weight excluding hydrogens is 178 g/mol. The molecule has 1 nitrogen and oxygen atoms in total. The summed E-state index contributed by atoms with van der Waals surface area (Å²) in [6.07, 6.45) is 9.85. The van der Waals surface area contributed by atoms with E-state index in [-0.39, 0.29) is 0 Å². The lowest BCUT2D eigenvalue weighted by atomic mass is 10.2. The van der Waals surface area contributed by atoms with Gasteiger partial charge in [0.25, 0.3) is 0 Å². The van der Waals surface area contributed by atoms with Crippen LogP contribution in [-0.4, -0.2) is 4.98 Å². The van der Waals surface area contributed by atoms with Crippen LogP contribution in [0.3, 0.4) is 0 Å². The molecule has 0 N–H and O–H groups in total. The van der Waals surface area contributed by atoms with Crippen LogP contribution in [0, 0.1) is 6.92 Å². The van der Waals surface area contributed by atoms with Gasteiger partial charge in [-0.15, -0.1) is 17.1 Å². The molecular formula is C11H9NS. The number of thiazole rings is 1. The van der Waals surface area contributed by atoms with E-state index in [9.17, 15) is 0 Å². The Morgan fingerprint density at radius 2 is 2.31 bits per heavy atom. The molecule has 1 aliphatic carbocycles. The number of allylic oxidation sites excluding steroid dienone is 5. The quantitative estimate of drug-likeness (QED) is 0.615. The Morgan fingerprint density at radius 1 is 1.38 bits per heavy atom. The van der Waals surface area contributed by atoms with E-state index >= 15 is 0 Å². The van der Waals surface area contributed by atoms with Crippen molar-refractivity contribution in [1.29, 1.82) is 0 Å². The van der Waals surface area contributed by atoms with E-state index in [1.54, 1.807) is 11.3 Å². The number of aromatic nitrogens is 1. The molecule has 1 aromatic heterocycles. The SMILES string of the molecule is Cc1nc(C2=CC=CC=C=C2)cs1. The number of hydrogen-bond donors (Lipinski definition) is 0. The first kappa shape index (κ1) is 8.24. The van der Waals surface area contributed by atoms with Crippen molar-refractivity contribution in [2.24, 2.45) is 0 Å². The molecule has 0 spiro atoms. The van der Waals surface area contributed by atoms with Crippen molar-refractivity contribution in [1.82, 2.24) is 4.98 Å². The van der Waals surface area contributed by atoms with Crippen LogP contribution >= 0.6 is 11.3 Å². The van der Waals surface area contributed by atoms with Gasteiger partial charge in [-0.25, -0.2) is 4.98 Å². The highest BCUT2D eigenvalue weighted by atomic mass is 32.1. The highest BCUT2D eigenvalue weighted by Gasteiger charge is 2.01. The molecule has 2 heteroatoms. The van der Waals surface area contributed by atoms with Gasteiger partial charge in [0.15, 0.2) is 0 Å². The Hall–Kier alpha value is -1.37. The van der Waals surface area contributed by atoms with Gasteiger partial charge in [0.2, 0.25) is 0 Å². The molecule has 0 atom stereocenters. The fraction of sp³-hybridized carbons (Fsp3) is 0.0909. The predicted molar refractivity (Wildman–Crippen MR) is 56.6 cm³/mol. The number of aryl methyl sites for hydroxylation is 1. The second kappa shape index (κ2) is 3.56. The Kier molecular flexibility index (Phi) is 2.26. The van der Waals surface area contributed by atoms with Gasteiger partial charge < -0.3 is 0 Å². The maximum Gasteiger partial charge on any atom is 0.0901 e. The van der Waals surface area contributed by atoms with Gasteiger partial charge in [0.05, 0.1) is 10.7 Å². The summed E-state index contributed by atoms with van der Waals surface area (Å²) >= 11 is 1.67. The molecule has 0 bridgehead atoms. The van der Waals surface area contributed by atoms with Crippen LogP contribution in [0.25, 0.3) is 5.57 Å². The van der Waals surface area contributed by atoms with Crippen molar-refractivity contribution in [3.05, 3.63) is 52.2 Å². The lowest BCUT2D eigenvalue weighted by molar-refractivity contribution is 1.26. The van der Waals surface area contributed by atoms with Crippen molar-refractivity contribution >= 4 is 16.9 Å². The molecule has 0 saturated carbocycles. The second-order valence-electron chi connectivity index (χ2n) is 2.74. The van der Waals surface area contributed by atoms with Gasteiger partial charge in [-0.3, -0.25) is 0 Å². The molecule has 1 aromatic rings. The number of rotatable bonds is 1. The van der Waals surface area contributed by atoms with Crippen LogP contribution in [0.2, 0.25) is 0 Å². The predicted octanol–water partition coefficient (Wildman–Crippen LogP) is 3.12. The minimum Gasteiger partial charge on any atom is -0.242 e. The van der Waals surface area contributed by atoms with Crippen LogP contribution in [0.4, 0.5) is 0 Å². The third-order valence-electron chi connectivity index (χ3n) is 1.73. The van der Waals surface area contributed by atoms with Crippen LogP contribution < -0.4 is 0 Å². The third-order valence-corrected chi connectivity index (χ3v) is 2.51. The molecule has 0 aliphatic heterocycles. The van der Waals surface area contributed by atoms with Gasteiger partial charge in [0, 0.05) is 11.0 Å². The molecule has 0 unspecified atom stereocenters. The standard InChI is InChI=1S/C11H9NS/c1-9-12-11(8-13-9)10-6-4-2-3-5-7-10/h2-4,6-8H,1H3. The van der Waals surface area contributed by atoms with Crippen molar-refractivity contribution in [2.75, 3.05) is 0 Å². The van der Waals surface area contributed by atoms with Crippen LogP contribution in [0.5, 0.6) is 0 Å². The topological polar surface area (TPSA) is 12.9 Å². The maximum absolute atomic E-state index is 4.41. The van der Waals surface area contributed by atoms with E-state index in [4.69, 9.17) is 0 Å². The average molecular weight is 187 g/mol. The monoisotopic (exact) mass is 187 g/mol. The van der Waals surface area contributed by atoms with Crippen LogP contribution in [-0.2, 0) is 0 Å². The van der Waals surface area contributed by atoms with E-state index in [0.717, 1.165) is 16.3 Å². The third kappa shape index (κ3) is 1.86. The van der Waals surface area contributed by atoms with Gasteiger partial charge in [-0.05, 0) is 19.1 Å². The zero-order chi connectivity index (χ0) is 9.10. The fourth-order valence-electron chi connectivity index (χ4n) is 1.11. The molecule has 13 heavy (non-hydrogen) atoms. The average Bonchev–Trinajstić information content (AvgIpc) is 2.43. The molecule has 0 amide bonds. The first-order valence-electron chi connectivity index (χ1n) is 4.08. The molecule has 1 aliphatic rings. The molecule has 0 fully saturated rings. The van der Waals surface area contributed by atoms with E-state index in [1.807, 2.05) is 37.3 Å². The zero-order valence-electron chi connectivity index (χ0n) is 7.32. The highest BCUT2D eigenvalue weighted by Crippen LogP contribution is 2.19. The summed E-state index contributed by atoms with van der Waals surface area (Å²) in [6.45, 7) is 2.01.